The van der Waals surface area contributed by atoms with Crippen molar-refractivity contribution in [1.82, 2.24) is 5.32 Å². The number of terminal acetylenes is 2. The molecule has 0 fully saturated rings. The minimum absolute atomic E-state index is 0.0248. The molecule has 0 saturated heterocycles. The van der Waals surface area contributed by atoms with Gasteiger partial charge in [-0.2, -0.15) is 10.5 Å². The fourth-order valence-corrected chi connectivity index (χ4v) is 6.76. The minimum atomic E-state index is -0.808. The lowest BCUT2D eigenvalue weighted by Gasteiger charge is -2.17. The second-order valence-corrected chi connectivity index (χ2v) is 12.4. The highest BCUT2D eigenvalue weighted by Gasteiger charge is 2.21. The van der Waals surface area contributed by atoms with Crippen LogP contribution in [0.5, 0.6) is 11.5 Å². The van der Waals surface area contributed by atoms with Crippen LogP contribution < -0.4 is 25.6 Å². The van der Waals surface area contributed by atoms with E-state index in [1.54, 1.807) is 61.7 Å². The van der Waals surface area contributed by atoms with Gasteiger partial charge in [-0.15, -0.1) is 35.5 Å². The number of methoxy groups -OCH3 is 1. The summed E-state index contributed by atoms with van der Waals surface area (Å²) >= 11 is 7.73. The van der Waals surface area contributed by atoms with Crippen LogP contribution >= 0.6 is 34.3 Å². The third-order valence-corrected chi connectivity index (χ3v) is 9.55. The van der Waals surface area contributed by atoms with Crippen molar-refractivity contribution >= 4 is 51.0 Å². The third kappa shape index (κ3) is 8.83. The average molecular weight is 708 g/mol. The molecule has 0 aromatic heterocycles. The maximum Gasteiger partial charge on any atom is 0.253 e. The largest absolute Gasteiger partial charge is 0.493 e. The summed E-state index contributed by atoms with van der Waals surface area (Å²) in [5, 5.41) is 22.2. The summed E-state index contributed by atoms with van der Waals surface area (Å²) in [6, 6.07) is 22.8. The number of ether oxygens (including phenoxy) is 3. The van der Waals surface area contributed by atoms with Crippen molar-refractivity contribution < 1.29 is 19.0 Å². The van der Waals surface area contributed by atoms with Gasteiger partial charge in [-0.05, 0) is 41.8 Å². The van der Waals surface area contributed by atoms with Gasteiger partial charge in [-0.25, -0.2) is 0 Å². The maximum absolute atomic E-state index is 12.6. The van der Waals surface area contributed by atoms with Gasteiger partial charge in [0.2, 0.25) is 10.9 Å². The van der Waals surface area contributed by atoms with E-state index < -0.39 is 6.10 Å². The van der Waals surface area contributed by atoms with E-state index in [-0.39, 0.29) is 48.8 Å². The van der Waals surface area contributed by atoms with Crippen LogP contribution in [0.15, 0.2) is 76.3 Å². The molecule has 1 aliphatic carbocycles. The Morgan fingerprint density at radius 3 is 2.00 bits per heavy atom. The lowest BCUT2D eigenvalue weighted by Crippen LogP contribution is -2.32. The molecule has 3 aromatic carbocycles. The van der Waals surface area contributed by atoms with Crippen LogP contribution in [0.1, 0.15) is 27.0 Å². The van der Waals surface area contributed by atoms with Crippen molar-refractivity contribution in [3.05, 3.63) is 122 Å². The van der Waals surface area contributed by atoms with Crippen LogP contribution in [0, 0.1) is 56.4 Å². The first kappa shape index (κ1) is 36.2. The highest BCUT2D eigenvalue weighted by Crippen LogP contribution is 2.28. The van der Waals surface area contributed by atoms with E-state index in [4.69, 9.17) is 49.2 Å². The SMILES string of the molecule is C#CCOc1ccc(CCNC(=O)C(OCC#C)c2ccc(Cl)cc2)cc1OC.N#Cc1sc2c(=O)c3ccccc3c(=O)c=2sc1C#N. The Morgan fingerprint density at radius 1 is 0.878 bits per heavy atom. The molecule has 1 N–H and O–H groups in total. The van der Waals surface area contributed by atoms with Gasteiger partial charge in [0.05, 0.1) is 16.2 Å². The molecular formula is C37H26ClN3O6S2. The van der Waals surface area contributed by atoms with E-state index in [2.05, 4.69) is 17.2 Å². The van der Waals surface area contributed by atoms with E-state index in [0.29, 0.717) is 45.8 Å². The highest BCUT2D eigenvalue weighted by atomic mass is 35.5. The van der Waals surface area contributed by atoms with Crippen molar-refractivity contribution in [2.45, 2.75) is 12.5 Å². The normalized spacial score (nSPS) is 10.7. The van der Waals surface area contributed by atoms with Gasteiger partial charge in [0, 0.05) is 22.3 Å². The topological polar surface area (TPSA) is 139 Å². The fraction of sp³-hybridized carbons (Fsp3) is 0.162. The summed E-state index contributed by atoms with van der Waals surface area (Å²) in [6.07, 6.45) is 10.3. The summed E-state index contributed by atoms with van der Waals surface area (Å²) in [4.78, 5) is 37.7. The fourth-order valence-electron chi connectivity index (χ4n) is 4.58. The molecule has 1 atom stereocenters. The van der Waals surface area contributed by atoms with Crippen LogP contribution in [0.4, 0.5) is 0 Å². The molecule has 49 heavy (non-hydrogen) atoms. The number of rotatable bonds is 10. The van der Waals surface area contributed by atoms with Gasteiger partial charge in [-0.1, -0.05) is 65.9 Å². The smallest absolute Gasteiger partial charge is 0.253 e. The lowest BCUT2D eigenvalue weighted by atomic mass is 10.1. The molecule has 12 heteroatoms. The molecule has 2 aliphatic rings. The zero-order valence-electron chi connectivity index (χ0n) is 25.9. The Balaban J connectivity index is 0.000000235. The number of benzene rings is 3. The molecule has 244 valence electrons. The summed E-state index contributed by atoms with van der Waals surface area (Å²) in [5.41, 5.74) is 1.12. The Kier molecular flexibility index (Phi) is 12.9. The Bertz CT molecular complexity index is 2260. The second kappa shape index (κ2) is 17.5. The van der Waals surface area contributed by atoms with Gasteiger partial charge in [-0.3, -0.25) is 14.4 Å². The number of nitriles is 2. The molecule has 1 heterocycles. The quantitative estimate of drug-likeness (QED) is 0.186. The molecule has 0 spiro atoms. The number of fused-ring (bicyclic) bond motifs is 1. The predicted octanol–water partition coefficient (Wildman–Crippen LogP) is 5.56. The standard InChI is InChI=1S/C23H22ClNO4.C14H4N2O2S2/c1-4-14-28-20-11-6-17(16-21(20)27-3)12-13-25-23(26)22(29-15-5-2)18-7-9-19(24)10-8-18;15-5-9-10(6-16)20-14-12(18)8-4-2-1-3-7(8)11(17)13(14)19-9/h1-2,6-11,16,22H,12-15H2,3H3,(H,25,26);1-4H. The van der Waals surface area contributed by atoms with Crippen molar-refractivity contribution in [2.75, 3.05) is 26.9 Å². The molecule has 0 radical (unpaired) electrons. The van der Waals surface area contributed by atoms with Crippen LogP contribution in [0.3, 0.4) is 0 Å². The van der Waals surface area contributed by atoms with Crippen molar-refractivity contribution in [3.63, 3.8) is 0 Å². The number of hydrogen-bond acceptors (Lipinski definition) is 10. The molecule has 1 amide bonds. The first-order valence-corrected chi connectivity index (χ1v) is 16.4. The maximum atomic E-state index is 12.6. The van der Waals surface area contributed by atoms with Crippen molar-refractivity contribution in [1.29, 1.82) is 10.5 Å². The number of halogens is 1. The van der Waals surface area contributed by atoms with E-state index in [9.17, 15) is 14.4 Å². The van der Waals surface area contributed by atoms with E-state index >= 15 is 0 Å². The molecule has 9 nitrogen and oxygen atoms in total. The minimum Gasteiger partial charge on any atom is -0.493 e. The number of nitrogens with one attached hydrogen (secondary N) is 1. The molecule has 1 aliphatic heterocycles. The molecule has 5 rings (SSSR count). The third-order valence-electron chi connectivity index (χ3n) is 6.85. The van der Waals surface area contributed by atoms with Gasteiger partial charge < -0.3 is 19.5 Å². The highest BCUT2D eigenvalue weighted by molar-refractivity contribution is 7.18. The van der Waals surface area contributed by atoms with Gasteiger partial charge in [0.1, 0.15) is 35.1 Å². The van der Waals surface area contributed by atoms with Crippen molar-refractivity contribution in [3.8, 4) is 48.3 Å². The number of nitrogens with zero attached hydrogens (tertiary/aromatic N) is 2. The molecule has 3 aromatic rings. The van der Waals surface area contributed by atoms with Gasteiger partial charge in [0.25, 0.3) is 5.91 Å². The second-order valence-electron chi connectivity index (χ2n) is 9.91. The van der Waals surface area contributed by atoms with E-state index in [0.717, 1.165) is 28.2 Å². The first-order chi connectivity index (χ1) is 23.8. The zero-order chi connectivity index (χ0) is 35.3. The summed E-state index contributed by atoms with van der Waals surface area (Å²) < 4.78 is 16.8. The van der Waals surface area contributed by atoms with Gasteiger partial charge >= 0.3 is 0 Å². The Morgan fingerprint density at radius 2 is 1.47 bits per heavy atom. The summed E-state index contributed by atoms with van der Waals surface area (Å²) in [5.74, 6) is 5.68. The zero-order valence-corrected chi connectivity index (χ0v) is 28.3. The van der Waals surface area contributed by atoms with Crippen LogP contribution in [0.25, 0.3) is 10.8 Å². The predicted molar refractivity (Wildman–Crippen MR) is 190 cm³/mol. The number of hydrogen-bond donors (Lipinski definition) is 1. The average Bonchev–Trinajstić information content (AvgIpc) is 3.13. The van der Waals surface area contributed by atoms with Gasteiger partial charge in [0.15, 0.2) is 17.6 Å². The molecule has 0 saturated carbocycles. The first-order valence-electron chi connectivity index (χ1n) is 14.4. The van der Waals surface area contributed by atoms with E-state index in [1.165, 1.54) is 0 Å². The number of amides is 1. The number of carbonyl (C=O) groups is 1. The van der Waals surface area contributed by atoms with Crippen LogP contribution in [0.2, 0.25) is 5.02 Å². The Hall–Kier alpha value is -5.66. The van der Waals surface area contributed by atoms with E-state index in [1.807, 2.05) is 24.3 Å². The lowest BCUT2D eigenvalue weighted by molar-refractivity contribution is -0.132. The molecule has 1 unspecified atom stereocenters. The monoisotopic (exact) mass is 707 g/mol. The van der Waals surface area contributed by atoms with Crippen LogP contribution in [-0.2, 0) is 16.0 Å². The Labute approximate surface area is 294 Å². The number of carbonyl (C=O) groups excluding carboxylic acids is 1. The molecular weight excluding hydrogens is 682 g/mol. The van der Waals surface area contributed by atoms with Crippen LogP contribution in [-0.4, -0.2) is 32.8 Å². The summed E-state index contributed by atoms with van der Waals surface area (Å²) in [6.45, 7) is 0.600. The summed E-state index contributed by atoms with van der Waals surface area (Å²) in [7, 11) is 1.56. The van der Waals surface area contributed by atoms with Crippen molar-refractivity contribution in [2.24, 2.45) is 0 Å². The molecule has 0 bridgehead atoms.